The summed E-state index contributed by atoms with van der Waals surface area (Å²) in [7, 11) is -15.2. The molecule has 0 amide bonds. The molecule has 244 valence electrons. The van der Waals surface area contributed by atoms with Crippen molar-refractivity contribution in [3.05, 3.63) is 88.8 Å². The van der Waals surface area contributed by atoms with Crippen molar-refractivity contribution in [3.8, 4) is 28.6 Å². The standard InChI is InChI=1S/C33H38BrN3O7SSi/c1-41-27-18-22(19-28(42-2)31(27)43-3)30(38)29-32(34)36(21-44-16-17-46(4,5)6)33(35-29)25-20-37(26-15-11-10-14-24(25)26)45(39,40)23-12-8-7-9-13-23/h7-15,18-20,30,38H,16-17,21H2,1-6H3/i1D3,2D3,3D3. The molecule has 0 spiro atoms. The molecule has 2 aromatic heterocycles. The van der Waals surface area contributed by atoms with Gasteiger partial charge in [0.15, 0.2) is 11.5 Å². The van der Waals surface area contributed by atoms with Crippen molar-refractivity contribution < 1.29 is 44.8 Å². The highest BCUT2D eigenvalue weighted by Gasteiger charge is 2.29. The minimum atomic E-state index is -4.10. The average molecular weight is 738 g/mol. The van der Waals surface area contributed by atoms with Crippen molar-refractivity contribution in [2.45, 2.75) is 43.4 Å². The summed E-state index contributed by atoms with van der Waals surface area (Å²) in [6, 6.07) is 17.4. The summed E-state index contributed by atoms with van der Waals surface area (Å²) in [4.78, 5) is 4.80. The van der Waals surface area contributed by atoms with Crippen LogP contribution in [0.2, 0.25) is 25.7 Å². The van der Waals surface area contributed by atoms with E-state index in [1.807, 2.05) is 0 Å². The first-order valence-corrected chi connectivity index (χ1v) is 20.0. The van der Waals surface area contributed by atoms with Crippen LogP contribution in [0.1, 0.15) is 29.7 Å². The smallest absolute Gasteiger partial charge is 0.268 e. The van der Waals surface area contributed by atoms with E-state index >= 15 is 0 Å². The summed E-state index contributed by atoms with van der Waals surface area (Å²) < 4.78 is 121. The molecule has 1 N–H and O–H groups in total. The summed E-state index contributed by atoms with van der Waals surface area (Å²) in [6.45, 7) is 6.85. The van der Waals surface area contributed by atoms with Crippen molar-refractivity contribution >= 4 is 44.9 Å². The lowest BCUT2D eigenvalue weighted by Gasteiger charge is -2.17. The molecule has 2 heterocycles. The second-order valence-corrected chi connectivity index (χ2v) is 19.8. The summed E-state index contributed by atoms with van der Waals surface area (Å²) in [6.07, 6.45) is -0.361. The number of ether oxygens (including phenoxy) is 4. The molecule has 0 radical (unpaired) electrons. The van der Waals surface area contributed by atoms with Gasteiger partial charge in [0.05, 0.1) is 43.9 Å². The Bertz CT molecular complexity index is 2240. The van der Waals surface area contributed by atoms with Crippen LogP contribution in [-0.4, -0.2) is 62.8 Å². The Morgan fingerprint density at radius 3 is 2.28 bits per heavy atom. The van der Waals surface area contributed by atoms with Crippen molar-refractivity contribution in [2.75, 3.05) is 27.7 Å². The highest BCUT2D eigenvalue weighted by molar-refractivity contribution is 9.10. The Hall–Kier alpha value is -3.62. The minimum Gasteiger partial charge on any atom is -0.493 e. The van der Waals surface area contributed by atoms with Gasteiger partial charge in [-0.2, -0.15) is 0 Å². The zero-order chi connectivity index (χ0) is 40.7. The Balaban J connectivity index is 1.72. The molecular weight excluding hydrogens is 690 g/mol. The normalized spacial score (nSPS) is 16.5. The fourth-order valence-corrected chi connectivity index (χ4v) is 7.60. The second-order valence-electron chi connectivity index (χ2n) is 11.6. The highest BCUT2D eigenvalue weighted by atomic mass is 79.9. The molecule has 0 aliphatic carbocycles. The third-order valence-corrected chi connectivity index (χ3v) is 11.5. The van der Waals surface area contributed by atoms with Crippen LogP contribution in [0.5, 0.6) is 17.2 Å². The maximum atomic E-state index is 13.9. The number of aliphatic hydroxyl groups excluding tert-OH is 1. The molecule has 0 fully saturated rings. The lowest BCUT2D eigenvalue weighted by atomic mass is 10.1. The lowest BCUT2D eigenvalue weighted by molar-refractivity contribution is 0.0866. The molecule has 0 aliphatic heterocycles. The van der Waals surface area contributed by atoms with E-state index in [0.29, 0.717) is 23.1 Å². The molecule has 1 unspecified atom stereocenters. The van der Waals surface area contributed by atoms with Gasteiger partial charge in [0.1, 0.15) is 29.0 Å². The average Bonchev–Trinajstić information content (AvgIpc) is 3.60. The monoisotopic (exact) mass is 736 g/mol. The van der Waals surface area contributed by atoms with Crippen molar-refractivity contribution in [1.82, 2.24) is 13.5 Å². The van der Waals surface area contributed by atoms with Crippen LogP contribution >= 0.6 is 15.9 Å². The number of halogens is 1. The zero-order valence-corrected chi connectivity index (χ0v) is 28.6. The highest BCUT2D eigenvalue weighted by Crippen LogP contribution is 2.43. The van der Waals surface area contributed by atoms with Gasteiger partial charge < -0.3 is 24.1 Å². The minimum absolute atomic E-state index is 0.0497. The van der Waals surface area contributed by atoms with Crippen LogP contribution in [0.4, 0.5) is 0 Å². The van der Waals surface area contributed by atoms with Gasteiger partial charge in [-0.05, 0) is 57.9 Å². The number of methoxy groups -OCH3 is 3. The molecule has 5 rings (SSSR count). The Kier molecular flexibility index (Phi) is 7.00. The van der Waals surface area contributed by atoms with Gasteiger partial charge in [-0.25, -0.2) is 17.4 Å². The first-order chi connectivity index (χ1) is 25.3. The van der Waals surface area contributed by atoms with Crippen LogP contribution in [0.15, 0.2) is 82.4 Å². The molecule has 3 aromatic carbocycles. The van der Waals surface area contributed by atoms with E-state index in [9.17, 15) is 13.5 Å². The summed E-state index contributed by atoms with van der Waals surface area (Å²) in [5.41, 5.74) is 0.386. The van der Waals surface area contributed by atoms with Crippen LogP contribution in [0.25, 0.3) is 22.3 Å². The van der Waals surface area contributed by atoms with E-state index in [1.54, 1.807) is 47.0 Å². The molecule has 5 aromatic rings. The SMILES string of the molecule is [2H]C([2H])([2H])Oc1cc(C(O)c2nc(-c3cn(S(=O)(=O)c4ccccc4)c4ccccc34)n(COCC[Si](C)(C)C)c2Br)cc(OC([2H])([2H])[2H])c1OC([2H])([2H])[2H]. The maximum absolute atomic E-state index is 13.9. The number of imidazole rings is 1. The number of fused-ring (bicyclic) bond motifs is 1. The number of hydrogen-bond donors (Lipinski definition) is 1. The molecule has 0 aliphatic rings. The molecule has 1 atom stereocenters. The number of rotatable bonds is 13. The molecule has 13 heteroatoms. The summed E-state index contributed by atoms with van der Waals surface area (Å²) >= 11 is 3.53. The summed E-state index contributed by atoms with van der Waals surface area (Å²) in [5, 5.41) is 12.4. The van der Waals surface area contributed by atoms with Crippen LogP contribution in [0, 0.1) is 0 Å². The molecule has 46 heavy (non-hydrogen) atoms. The van der Waals surface area contributed by atoms with E-state index in [4.69, 9.17) is 36.3 Å². The lowest BCUT2D eigenvalue weighted by Crippen LogP contribution is -2.22. The van der Waals surface area contributed by atoms with Crippen molar-refractivity contribution in [1.29, 1.82) is 0 Å². The van der Waals surface area contributed by atoms with Crippen LogP contribution < -0.4 is 14.2 Å². The van der Waals surface area contributed by atoms with Gasteiger partial charge in [0.2, 0.25) is 5.75 Å². The predicted molar refractivity (Wildman–Crippen MR) is 184 cm³/mol. The van der Waals surface area contributed by atoms with Crippen molar-refractivity contribution in [3.63, 3.8) is 0 Å². The third kappa shape index (κ3) is 6.60. The van der Waals surface area contributed by atoms with Gasteiger partial charge in [-0.1, -0.05) is 56.0 Å². The summed E-state index contributed by atoms with van der Waals surface area (Å²) in [5.74, 6) is -2.19. The Labute approximate surface area is 291 Å². The quantitative estimate of drug-likeness (QED) is 0.102. The molecule has 10 nitrogen and oxygen atoms in total. The zero-order valence-electron chi connectivity index (χ0n) is 34.2. The number of para-hydroxylation sites is 1. The fraction of sp³-hybridized carbons (Fsp3) is 0.303. The molecular formula is C33H38BrN3O7SSi. The van der Waals surface area contributed by atoms with E-state index in [2.05, 4.69) is 35.6 Å². The number of aromatic nitrogens is 3. The largest absolute Gasteiger partial charge is 0.493 e. The van der Waals surface area contributed by atoms with Crippen LogP contribution in [0.3, 0.4) is 0 Å². The van der Waals surface area contributed by atoms with Gasteiger partial charge in [-0.3, -0.25) is 4.57 Å². The molecule has 0 saturated carbocycles. The predicted octanol–water partition coefficient (Wildman–Crippen LogP) is 6.92. The van der Waals surface area contributed by atoms with Gasteiger partial charge in [0, 0.05) is 31.8 Å². The van der Waals surface area contributed by atoms with E-state index in [-0.39, 0.29) is 33.3 Å². The number of hydrogen-bond acceptors (Lipinski definition) is 8. The number of benzene rings is 3. The van der Waals surface area contributed by atoms with Gasteiger partial charge in [0.25, 0.3) is 10.0 Å². The molecule has 0 bridgehead atoms. The maximum Gasteiger partial charge on any atom is 0.268 e. The first-order valence-electron chi connectivity index (χ1n) is 18.5. The Morgan fingerprint density at radius 1 is 0.978 bits per heavy atom. The number of aliphatic hydroxyl groups is 1. The third-order valence-electron chi connectivity index (χ3n) is 7.31. The Morgan fingerprint density at radius 2 is 1.63 bits per heavy atom. The topological polar surface area (TPSA) is 114 Å². The van der Waals surface area contributed by atoms with Crippen LogP contribution in [-0.2, 0) is 21.5 Å². The van der Waals surface area contributed by atoms with Gasteiger partial charge >= 0.3 is 0 Å². The second kappa shape index (κ2) is 13.6. The van der Waals surface area contributed by atoms with E-state index in [1.165, 1.54) is 18.3 Å². The van der Waals surface area contributed by atoms with E-state index in [0.717, 1.165) is 22.1 Å². The fourth-order valence-electron chi connectivity index (χ4n) is 4.88. The molecule has 0 saturated heterocycles. The van der Waals surface area contributed by atoms with Crippen molar-refractivity contribution in [2.24, 2.45) is 0 Å². The first kappa shape index (κ1) is 23.7. The van der Waals surface area contributed by atoms with Gasteiger partial charge in [-0.15, -0.1) is 0 Å². The van der Waals surface area contributed by atoms with E-state index < -0.39 is 62.6 Å². The number of nitrogens with zero attached hydrogens (tertiary/aromatic N) is 3.